The molecule has 0 aliphatic rings. The van der Waals surface area contributed by atoms with Gasteiger partial charge in [0.25, 0.3) is 0 Å². The lowest BCUT2D eigenvalue weighted by Crippen LogP contribution is -2.25. The lowest BCUT2D eigenvalue weighted by atomic mass is 10.2. The Kier molecular flexibility index (Phi) is 8.21. The smallest absolute Gasteiger partial charge is 0.123 e. The third-order valence-corrected chi connectivity index (χ3v) is 3.12. The lowest BCUT2D eigenvalue weighted by molar-refractivity contribution is 0.229. The van der Waals surface area contributed by atoms with Gasteiger partial charge in [0.2, 0.25) is 0 Å². The van der Waals surface area contributed by atoms with Crippen molar-refractivity contribution in [2.45, 2.75) is 25.8 Å². The van der Waals surface area contributed by atoms with Crippen LogP contribution in [-0.2, 0) is 6.54 Å². The molecular weight excluding hydrogens is 240 g/mol. The van der Waals surface area contributed by atoms with E-state index in [2.05, 4.69) is 11.9 Å². The molecule has 4 nitrogen and oxygen atoms in total. The van der Waals surface area contributed by atoms with E-state index in [4.69, 9.17) is 15.6 Å². The van der Waals surface area contributed by atoms with Crippen LogP contribution in [0.1, 0.15) is 24.8 Å². The monoisotopic (exact) mass is 266 g/mol. The van der Waals surface area contributed by atoms with Gasteiger partial charge in [-0.2, -0.15) is 0 Å². The molecule has 1 aromatic rings. The van der Waals surface area contributed by atoms with E-state index in [1.54, 1.807) is 0 Å². The molecular formula is C15H26N2O2. The van der Waals surface area contributed by atoms with Gasteiger partial charge in [0.05, 0.1) is 0 Å². The Hall–Kier alpha value is -1.10. The molecule has 19 heavy (non-hydrogen) atoms. The fraction of sp³-hybridized carbons (Fsp3) is 0.600. The highest BCUT2D eigenvalue weighted by Crippen LogP contribution is 2.16. The van der Waals surface area contributed by atoms with Gasteiger partial charge in [-0.25, -0.2) is 0 Å². The largest absolute Gasteiger partial charge is 0.492 e. The Morgan fingerprint density at radius 2 is 1.95 bits per heavy atom. The number of nitrogens with two attached hydrogens (primary N) is 1. The van der Waals surface area contributed by atoms with Crippen molar-refractivity contribution in [1.29, 1.82) is 0 Å². The molecule has 0 fully saturated rings. The van der Waals surface area contributed by atoms with E-state index in [-0.39, 0.29) is 0 Å². The number of nitrogens with zero attached hydrogens (tertiary/aromatic N) is 1. The lowest BCUT2D eigenvalue weighted by Gasteiger charge is -2.17. The van der Waals surface area contributed by atoms with E-state index in [1.165, 1.54) is 0 Å². The van der Waals surface area contributed by atoms with Crippen LogP contribution in [0.3, 0.4) is 0 Å². The number of hydrogen-bond donors (Lipinski definition) is 2. The van der Waals surface area contributed by atoms with E-state index in [0.717, 1.165) is 43.7 Å². The molecule has 0 saturated heterocycles. The molecule has 0 heterocycles. The average molecular weight is 266 g/mol. The van der Waals surface area contributed by atoms with Crippen LogP contribution in [0.2, 0.25) is 0 Å². The summed E-state index contributed by atoms with van der Waals surface area (Å²) in [5, 5.41) is 8.70. The molecule has 0 amide bonds. The number of ether oxygens (including phenoxy) is 1. The van der Waals surface area contributed by atoms with E-state index in [9.17, 15) is 0 Å². The number of likely N-dealkylation sites (N-methyl/N-ethyl adjacent to an activating group) is 1. The summed E-state index contributed by atoms with van der Waals surface area (Å²) in [7, 11) is 2.09. The zero-order chi connectivity index (χ0) is 13.9. The van der Waals surface area contributed by atoms with Gasteiger partial charge in [-0.1, -0.05) is 18.2 Å². The number of rotatable bonds is 10. The predicted molar refractivity (Wildman–Crippen MR) is 78.3 cm³/mol. The molecule has 0 spiro atoms. The van der Waals surface area contributed by atoms with Crippen molar-refractivity contribution in [3.8, 4) is 5.75 Å². The molecule has 0 aliphatic heterocycles. The third kappa shape index (κ3) is 6.57. The van der Waals surface area contributed by atoms with Crippen LogP contribution in [0.25, 0.3) is 0 Å². The highest BCUT2D eigenvalue weighted by atomic mass is 16.5. The van der Waals surface area contributed by atoms with Crippen LogP contribution in [0, 0.1) is 0 Å². The maximum atomic E-state index is 8.70. The Bertz CT molecular complexity index is 345. The summed E-state index contributed by atoms with van der Waals surface area (Å²) < 4.78 is 5.76. The zero-order valence-corrected chi connectivity index (χ0v) is 11.8. The molecule has 1 rings (SSSR count). The number of unbranched alkanes of at least 4 members (excludes halogenated alkanes) is 2. The quantitative estimate of drug-likeness (QED) is 0.632. The fourth-order valence-corrected chi connectivity index (χ4v) is 1.91. The second-order valence-electron chi connectivity index (χ2n) is 4.75. The molecule has 108 valence electrons. The fourth-order valence-electron chi connectivity index (χ4n) is 1.91. The van der Waals surface area contributed by atoms with Gasteiger partial charge in [-0.05, 0) is 38.9 Å². The summed E-state index contributed by atoms with van der Waals surface area (Å²) in [4.78, 5) is 2.25. The number of aliphatic hydroxyl groups excluding tert-OH is 1. The highest BCUT2D eigenvalue weighted by Gasteiger charge is 2.02. The molecule has 0 aromatic heterocycles. The molecule has 0 radical (unpaired) electrons. The van der Waals surface area contributed by atoms with Crippen molar-refractivity contribution in [3.63, 3.8) is 0 Å². The average Bonchev–Trinajstić information content (AvgIpc) is 2.44. The minimum absolute atomic E-state index is 0.294. The highest BCUT2D eigenvalue weighted by molar-refractivity contribution is 5.32. The molecule has 1 aromatic carbocycles. The standard InChI is InChI=1S/C15H26N2O2/c1-17(9-5-2-6-11-18)10-12-19-15-8-4-3-7-14(15)13-16/h3-4,7-8,18H,2,5-6,9-13,16H2,1H3. The van der Waals surface area contributed by atoms with E-state index in [1.807, 2.05) is 24.3 Å². The summed E-state index contributed by atoms with van der Waals surface area (Å²) >= 11 is 0. The first-order valence-corrected chi connectivity index (χ1v) is 6.98. The first-order chi connectivity index (χ1) is 9.27. The number of aliphatic hydroxyl groups is 1. The zero-order valence-electron chi connectivity index (χ0n) is 11.8. The predicted octanol–water partition coefficient (Wildman–Crippen LogP) is 1.62. The molecule has 0 bridgehead atoms. The van der Waals surface area contributed by atoms with Crippen LogP contribution in [-0.4, -0.2) is 43.4 Å². The van der Waals surface area contributed by atoms with Gasteiger partial charge >= 0.3 is 0 Å². The van der Waals surface area contributed by atoms with Crippen molar-refractivity contribution >= 4 is 0 Å². The Labute approximate surface area is 116 Å². The maximum absolute atomic E-state index is 8.70. The molecule has 4 heteroatoms. The minimum Gasteiger partial charge on any atom is -0.492 e. The van der Waals surface area contributed by atoms with Crippen molar-refractivity contribution in [2.24, 2.45) is 5.73 Å². The molecule has 0 atom stereocenters. The van der Waals surface area contributed by atoms with Gasteiger partial charge in [-0.3, -0.25) is 0 Å². The Balaban J connectivity index is 2.18. The Morgan fingerprint density at radius 3 is 2.68 bits per heavy atom. The number of hydrogen-bond acceptors (Lipinski definition) is 4. The second kappa shape index (κ2) is 9.78. The van der Waals surface area contributed by atoms with Gasteiger partial charge in [-0.15, -0.1) is 0 Å². The summed E-state index contributed by atoms with van der Waals surface area (Å²) in [6.07, 6.45) is 3.10. The van der Waals surface area contributed by atoms with Gasteiger partial charge in [0.15, 0.2) is 0 Å². The van der Waals surface area contributed by atoms with E-state index in [0.29, 0.717) is 19.8 Å². The summed E-state index contributed by atoms with van der Waals surface area (Å²) in [5.74, 6) is 0.888. The molecule has 3 N–H and O–H groups in total. The van der Waals surface area contributed by atoms with Crippen LogP contribution in [0.15, 0.2) is 24.3 Å². The molecule has 0 saturated carbocycles. The van der Waals surface area contributed by atoms with E-state index >= 15 is 0 Å². The van der Waals surface area contributed by atoms with Gasteiger partial charge in [0.1, 0.15) is 12.4 Å². The van der Waals surface area contributed by atoms with Crippen LogP contribution < -0.4 is 10.5 Å². The molecule has 0 aliphatic carbocycles. The van der Waals surface area contributed by atoms with Crippen molar-refractivity contribution in [3.05, 3.63) is 29.8 Å². The first kappa shape index (κ1) is 16.0. The van der Waals surface area contributed by atoms with Crippen LogP contribution >= 0.6 is 0 Å². The van der Waals surface area contributed by atoms with Gasteiger partial charge < -0.3 is 20.5 Å². The maximum Gasteiger partial charge on any atom is 0.123 e. The summed E-state index contributed by atoms with van der Waals surface area (Å²) in [6.45, 7) is 3.42. The van der Waals surface area contributed by atoms with Crippen molar-refractivity contribution in [2.75, 3.05) is 33.4 Å². The topological polar surface area (TPSA) is 58.7 Å². The second-order valence-corrected chi connectivity index (χ2v) is 4.75. The minimum atomic E-state index is 0.294. The van der Waals surface area contributed by atoms with E-state index < -0.39 is 0 Å². The van der Waals surface area contributed by atoms with Crippen LogP contribution in [0.4, 0.5) is 0 Å². The van der Waals surface area contributed by atoms with Crippen LogP contribution in [0.5, 0.6) is 5.75 Å². The SMILES string of the molecule is CN(CCCCCO)CCOc1ccccc1CN. The number of benzene rings is 1. The molecule has 0 unspecified atom stereocenters. The summed E-state index contributed by atoms with van der Waals surface area (Å²) in [6, 6.07) is 7.90. The first-order valence-electron chi connectivity index (χ1n) is 6.98. The normalized spacial score (nSPS) is 10.9. The van der Waals surface area contributed by atoms with Crippen molar-refractivity contribution in [1.82, 2.24) is 4.90 Å². The van der Waals surface area contributed by atoms with Crippen molar-refractivity contribution < 1.29 is 9.84 Å². The third-order valence-electron chi connectivity index (χ3n) is 3.12. The Morgan fingerprint density at radius 1 is 1.16 bits per heavy atom. The number of para-hydroxylation sites is 1. The summed E-state index contributed by atoms with van der Waals surface area (Å²) in [5.41, 5.74) is 6.71. The van der Waals surface area contributed by atoms with Gasteiger partial charge in [0, 0.05) is 25.3 Å².